The second-order valence-electron chi connectivity index (χ2n) is 6.83. The van der Waals surface area contributed by atoms with Crippen molar-refractivity contribution in [2.45, 2.75) is 70.1 Å². The van der Waals surface area contributed by atoms with Crippen molar-refractivity contribution in [3.63, 3.8) is 0 Å². The summed E-state index contributed by atoms with van der Waals surface area (Å²) in [5.74, 6) is 0.473. The summed E-state index contributed by atoms with van der Waals surface area (Å²) in [6.07, 6.45) is 6.03. The number of piperazine rings is 1. The Balaban J connectivity index is 1.73. The summed E-state index contributed by atoms with van der Waals surface area (Å²) in [6, 6.07) is -0.290. The summed E-state index contributed by atoms with van der Waals surface area (Å²) in [5.41, 5.74) is -0.707. The van der Waals surface area contributed by atoms with Gasteiger partial charge in [-0.25, -0.2) is 0 Å². The zero-order chi connectivity index (χ0) is 15.0. The summed E-state index contributed by atoms with van der Waals surface area (Å²) in [6.45, 7) is 5.32. The van der Waals surface area contributed by atoms with Crippen LogP contribution in [0.15, 0.2) is 0 Å². The maximum absolute atomic E-state index is 12.8. The number of rotatable bonds is 5. The molecule has 0 aromatic heterocycles. The van der Waals surface area contributed by atoms with E-state index in [0.29, 0.717) is 18.9 Å². The van der Waals surface area contributed by atoms with Gasteiger partial charge in [-0.1, -0.05) is 6.92 Å². The van der Waals surface area contributed by atoms with Crippen LogP contribution in [0.2, 0.25) is 0 Å². The van der Waals surface area contributed by atoms with Crippen LogP contribution in [0.1, 0.15) is 52.4 Å². The number of nitrogens with zero attached hydrogens (tertiary/aromatic N) is 1. The van der Waals surface area contributed by atoms with Gasteiger partial charge in [0, 0.05) is 13.2 Å². The number of carbonyl (C=O) groups is 2. The first-order valence-corrected chi connectivity index (χ1v) is 8.30. The lowest BCUT2D eigenvalue weighted by Crippen LogP contribution is -2.70. The fourth-order valence-electron chi connectivity index (χ4n) is 3.49. The number of carbonyl (C=O) groups excluding carboxylic acids is 2. The molecule has 118 valence electrons. The van der Waals surface area contributed by atoms with Crippen LogP contribution in [0.25, 0.3) is 0 Å². The maximum atomic E-state index is 12.8. The van der Waals surface area contributed by atoms with Crippen LogP contribution in [0.5, 0.6) is 0 Å². The lowest BCUT2D eigenvalue weighted by Gasteiger charge is -2.46. The first-order chi connectivity index (χ1) is 10.1. The third-order valence-electron chi connectivity index (χ3n) is 5.38. The third-order valence-corrected chi connectivity index (χ3v) is 5.38. The van der Waals surface area contributed by atoms with Crippen molar-refractivity contribution in [2.75, 3.05) is 13.2 Å². The molecule has 3 fully saturated rings. The van der Waals surface area contributed by atoms with E-state index in [0.717, 1.165) is 38.7 Å². The maximum Gasteiger partial charge on any atom is 0.246 e. The normalized spacial score (nSPS) is 37.0. The highest BCUT2D eigenvalue weighted by Gasteiger charge is 2.51. The van der Waals surface area contributed by atoms with Gasteiger partial charge in [-0.15, -0.1) is 0 Å². The highest BCUT2D eigenvalue weighted by molar-refractivity contribution is 5.99. The molecule has 1 saturated carbocycles. The molecule has 2 saturated heterocycles. The van der Waals surface area contributed by atoms with Crippen molar-refractivity contribution in [2.24, 2.45) is 5.92 Å². The molecule has 1 aliphatic carbocycles. The predicted octanol–water partition coefficient (Wildman–Crippen LogP) is 1.46. The summed E-state index contributed by atoms with van der Waals surface area (Å²) >= 11 is 0. The van der Waals surface area contributed by atoms with Crippen molar-refractivity contribution in [1.82, 2.24) is 10.2 Å². The Hall–Kier alpha value is -1.10. The summed E-state index contributed by atoms with van der Waals surface area (Å²) in [4.78, 5) is 27.1. The Kier molecular flexibility index (Phi) is 3.95. The van der Waals surface area contributed by atoms with Crippen LogP contribution in [-0.4, -0.2) is 47.6 Å². The van der Waals surface area contributed by atoms with Crippen molar-refractivity contribution >= 4 is 11.8 Å². The molecule has 0 aromatic carbocycles. The molecule has 5 nitrogen and oxygen atoms in total. The number of ether oxygens (including phenoxy) is 1. The van der Waals surface area contributed by atoms with Crippen LogP contribution >= 0.6 is 0 Å². The molecule has 0 bridgehead atoms. The molecule has 0 radical (unpaired) electrons. The smallest absolute Gasteiger partial charge is 0.246 e. The number of hydrogen-bond donors (Lipinski definition) is 1. The monoisotopic (exact) mass is 294 g/mol. The van der Waals surface area contributed by atoms with Gasteiger partial charge >= 0.3 is 0 Å². The van der Waals surface area contributed by atoms with Gasteiger partial charge in [0.25, 0.3) is 0 Å². The van der Waals surface area contributed by atoms with Crippen molar-refractivity contribution < 1.29 is 14.3 Å². The van der Waals surface area contributed by atoms with Crippen LogP contribution in [0.4, 0.5) is 0 Å². The predicted molar refractivity (Wildman–Crippen MR) is 78.7 cm³/mol. The van der Waals surface area contributed by atoms with Gasteiger partial charge in [-0.05, 0) is 51.4 Å². The van der Waals surface area contributed by atoms with Gasteiger partial charge < -0.3 is 15.0 Å². The van der Waals surface area contributed by atoms with E-state index in [1.54, 1.807) is 0 Å². The summed E-state index contributed by atoms with van der Waals surface area (Å²) in [7, 11) is 0. The molecule has 3 aliphatic rings. The standard InChI is InChI=1S/C16H26N2O3/c1-3-16(2)15(20)17-13(11-6-7-11)14(19)18(16)9-8-12-5-4-10-21-12/h11-13H,3-10H2,1-2H3,(H,17,20). The molecule has 3 atom stereocenters. The SMILES string of the molecule is CCC1(C)C(=O)NC(C2CC2)C(=O)N1CCC1CCCO1. The molecule has 2 heterocycles. The van der Waals surface area contributed by atoms with Gasteiger partial charge in [-0.3, -0.25) is 9.59 Å². The molecular weight excluding hydrogens is 268 g/mol. The molecule has 0 spiro atoms. The molecule has 2 amide bonds. The van der Waals surface area contributed by atoms with Crippen LogP contribution in [0, 0.1) is 5.92 Å². The van der Waals surface area contributed by atoms with Crippen LogP contribution in [-0.2, 0) is 14.3 Å². The number of hydrogen-bond acceptors (Lipinski definition) is 3. The lowest BCUT2D eigenvalue weighted by atomic mass is 9.89. The number of amides is 2. The van der Waals surface area contributed by atoms with Gasteiger partial charge in [-0.2, -0.15) is 0 Å². The van der Waals surface area contributed by atoms with Gasteiger partial charge in [0.2, 0.25) is 11.8 Å². The minimum atomic E-state index is -0.707. The second-order valence-corrected chi connectivity index (χ2v) is 6.83. The van der Waals surface area contributed by atoms with E-state index < -0.39 is 5.54 Å². The highest BCUT2D eigenvalue weighted by Crippen LogP contribution is 2.37. The zero-order valence-electron chi connectivity index (χ0n) is 13.1. The van der Waals surface area contributed by atoms with Gasteiger partial charge in [0.1, 0.15) is 11.6 Å². The van der Waals surface area contributed by atoms with Crippen LogP contribution in [0.3, 0.4) is 0 Å². The minimum Gasteiger partial charge on any atom is -0.378 e. The Morgan fingerprint density at radius 3 is 2.67 bits per heavy atom. The topological polar surface area (TPSA) is 58.6 Å². The fourth-order valence-corrected chi connectivity index (χ4v) is 3.49. The van der Waals surface area contributed by atoms with E-state index in [9.17, 15) is 9.59 Å². The molecule has 21 heavy (non-hydrogen) atoms. The van der Waals surface area contributed by atoms with E-state index in [-0.39, 0.29) is 24.0 Å². The first-order valence-electron chi connectivity index (χ1n) is 8.30. The molecule has 2 aliphatic heterocycles. The molecule has 3 rings (SSSR count). The minimum absolute atomic E-state index is 0.00819. The molecular formula is C16H26N2O3. The van der Waals surface area contributed by atoms with Gasteiger partial charge in [0.05, 0.1) is 6.10 Å². The number of nitrogens with one attached hydrogen (secondary N) is 1. The zero-order valence-corrected chi connectivity index (χ0v) is 13.1. The Bertz CT molecular complexity index is 429. The average Bonchev–Trinajstić information content (AvgIpc) is 3.19. The van der Waals surface area contributed by atoms with Crippen molar-refractivity contribution in [1.29, 1.82) is 0 Å². The highest BCUT2D eigenvalue weighted by atomic mass is 16.5. The molecule has 5 heteroatoms. The van der Waals surface area contributed by atoms with E-state index in [2.05, 4.69) is 5.32 Å². The first kappa shape index (κ1) is 14.8. The average molecular weight is 294 g/mol. The quantitative estimate of drug-likeness (QED) is 0.835. The Morgan fingerprint density at radius 2 is 2.10 bits per heavy atom. The van der Waals surface area contributed by atoms with Crippen LogP contribution < -0.4 is 5.32 Å². The van der Waals surface area contributed by atoms with Crippen molar-refractivity contribution in [3.05, 3.63) is 0 Å². The fraction of sp³-hybridized carbons (Fsp3) is 0.875. The summed E-state index contributed by atoms with van der Waals surface area (Å²) in [5, 5.41) is 2.97. The van der Waals surface area contributed by atoms with E-state index in [4.69, 9.17) is 4.74 Å². The second kappa shape index (κ2) is 5.59. The molecule has 3 unspecified atom stereocenters. The Morgan fingerprint density at radius 1 is 1.33 bits per heavy atom. The Labute approximate surface area is 126 Å². The molecule has 0 aromatic rings. The summed E-state index contributed by atoms with van der Waals surface area (Å²) < 4.78 is 5.66. The van der Waals surface area contributed by atoms with E-state index in [1.165, 1.54) is 0 Å². The van der Waals surface area contributed by atoms with Gasteiger partial charge in [0.15, 0.2) is 0 Å². The lowest BCUT2D eigenvalue weighted by molar-refractivity contribution is -0.157. The third kappa shape index (κ3) is 2.68. The largest absolute Gasteiger partial charge is 0.378 e. The molecule has 1 N–H and O–H groups in total. The van der Waals surface area contributed by atoms with E-state index in [1.807, 2.05) is 18.7 Å². The van der Waals surface area contributed by atoms with E-state index >= 15 is 0 Å². The van der Waals surface area contributed by atoms with Crippen molar-refractivity contribution in [3.8, 4) is 0 Å².